The monoisotopic (exact) mass is 290 g/mol. The van der Waals surface area contributed by atoms with Crippen molar-refractivity contribution in [1.29, 1.82) is 0 Å². The molecule has 0 aliphatic carbocycles. The fourth-order valence-corrected chi connectivity index (χ4v) is 1.74. The zero-order chi connectivity index (χ0) is 15.5. The molecule has 0 saturated heterocycles. The third kappa shape index (κ3) is 3.21. The predicted molar refractivity (Wildman–Crippen MR) is 78.0 cm³/mol. The maximum absolute atomic E-state index is 12.1. The van der Waals surface area contributed by atoms with Gasteiger partial charge in [-0.15, -0.1) is 0 Å². The Balaban J connectivity index is 2.21. The van der Waals surface area contributed by atoms with Gasteiger partial charge < -0.3 is 21.3 Å². The second-order valence-corrected chi connectivity index (χ2v) is 5.04. The number of aromatic nitrogens is 2. The molecule has 1 aromatic heterocycles. The SMILES string of the molecule is CC(CO)(CO)NC(=O)c1ccn(-c2ccccc2N)n1. The minimum atomic E-state index is -1.09. The number of carbonyl (C=O) groups excluding carboxylic acids is 1. The summed E-state index contributed by atoms with van der Waals surface area (Å²) in [5, 5.41) is 25.1. The number of hydrogen-bond acceptors (Lipinski definition) is 5. The van der Waals surface area contributed by atoms with Gasteiger partial charge >= 0.3 is 0 Å². The van der Waals surface area contributed by atoms with Crippen LogP contribution < -0.4 is 11.1 Å². The number of nitrogens with zero attached hydrogens (tertiary/aromatic N) is 2. The summed E-state index contributed by atoms with van der Waals surface area (Å²) in [6, 6.07) is 8.70. The Bertz CT molecular complexity index is 635. The molecule has 1 aromatic carbocycles. The normalized spacial score (nSPS) is 11.4. The quantitative estimate of drug-likeness (QED) is 0.576. The Hall–Kier alpha value is -2.38. The molecule has 5 N–H and O–H groups in total. The van der Waals surface area contributed by atoms with Gasteiger partial charge in [-0.1, -0.05) is 12.1 Å². The minimum Gasteiger partial charge on any atom is -0.397 e. The van der Waals surface area contributed by atoms with Crippen LogP contribution in [-0.2, 0) is 0 Å². The first-order valence-corrected chi connectivity index (χ1v) is 6.44. The van der Waals surface area contributed by atoms with Crippen molar-refractivity contribution < 1.29 is 15.0 Å². The number of aliphatic hydroxyl groups excluding tert-OH is 2. The molecule has 1 heterocycles. The lowest BCUT2D eigenvalue weighted by atomic mass is 10.1. The van der Waals surface area contributed by atoms with Gasteiger partial charge in [0.05, 0.1) is 30.1 Å². The summed E-state index contributed by atoms with van der Waals surface area (Å²) in [6.07, 6.45) is 1.62. The number of aliphatic hydroxyl groups is 2. The lowest BCUT2D eigenvalue weighted by Crippen LogP contribution is -2.51. The smallest absolute Gasteiger partial charge is 0.272 e. The summed E-state index contributed by atoms with van der Waals surface area (Å²) in [4.78, 5) is 12.1. The van der Waals surface area contributed by atoms with E-state index in [0.717, 1.165) is 0 Å². The molecule has 0 aliphatic heterocycles. The third-order valence-corrected chi connectivity index (χ3v) is 3.12. The van der Waals surface area contributed by atoms with E-state index < -0.39 is 11.4 Å². The number of nitrogen functional groups attached to an aromatic ring is 1. The van der Waals surface area contributed by atoms with Crippen LogP contribution in [0.5, 0.6) is 0 Å². The number of carbonyl (C=O) groups is 1. The van der Waals surface area contributed by atoms with Crippen molar-refractivity contribution in [3.8, 4) is 5.69 Å². The van der Waals surface area contributed by atoms with Crippen molar-refractivity contribution in [3.63, 3.8) is 0 Å². The second kappa shape index (κ2) is 5.94. The Morgan fingerprint density at radius 2 is 2.00 bits per heavy atom. The molecule has 0 fully saturated rings. The van der Waals surface area contributed by atoms with E-state index >= 15 is 0 Å². The Morgan fingerprint density at radius 3 is 2.62 bits per heavy atom. The van der Waals surface area contributed by atoms with E-state index in [1.807, 2.05) is 12.1 Å². The van der Waals surface area contributed by atoms with Gasteiger partial charge in [0.15, 0.2) is 5.69 Å². The first kappa shape index (κ1) is 15.0. The molecule has 112 valence electrons. The Morgan fingerprint density at radius 1 is 1.33 bits per heavy atom. The molecule has 7 nitrogen and oxygen atoms in total. The van der Waals surface area contributed by atoms with Crippen molar-refractivity contribution in [3.05, 3.63) is 42.2 Å². The first-order chi connectivity index (χ1) is 9.99. The number of hydrogen-bond donors (Lipinski definition) is 4. The van der Waals surface area contributed by atoms with Gasteiger partial charge in [0.25, 0.3) is 5.91 Å². The number of benzene rings is 1. The summed E-state index contributed by atoms with van der Waals surface area (Å²) in [6.45, 7) is 0.792. The van der Waals surface area contributed by atoms with E-state index in [1.165, 1.54) is 17.7 Å². The lowest BCUT2D eigenvalue weighted by molar-refractivity contribution is 0.0719. The molecular weight excluding hydrogens is 272 g/mol. The average molecular weight is 290 g/mol. The molecule has 0 atom stereocenters. The summed E-state index contributed by atoms with van der Waals surface area (Å²) < 4.78 is 1.50. The van der Waals surface area contributed by atoms with E-state index in [0.29, 0.717) is 11.4 Å². The van der Waals surface area contributed by atoms with Gasteiger partial charge in [-0.05, 0) is 25.1 Å². The Labute approximate surface area is 122 Å². The van der Waals surface area contributed by atoms with Crippen molar-refractivity contribution in [2.75, 3.05) is 18.9 Å². The van der Waals surface area contributed by atoms with Crippen LogP contribution in [0.3, 0.4) is 0 Å². The molecule has 0 radical (unpaired) electrons. The fraction of sp³-hybridized carbons (Fsp3) is 0.286. The molecule has 0 saturated carbocycles. The summed E-state index contributed by atoms with van der Waals surface area (Å²) in [5.74, 6) is -0.478. The molecule has 2 aromatic rings. The summed E-state index contributed by atoms with van der Waals surface area (Å²) in [7, 11) is 0. The van der Waals surface area contributed by atoms with E-state index in [-0.39, 0.29) is 18.9 Å². The molecule has 0 aliphatic rings. The van der Waals surface area contributed by atoms with Crippen molar-refractivity contribution in [2.45, 2.75) is 12.5 Å². The molecular formula is C14H18N4O3. The molecule has 1 amide bonds. The second-order valence-electron chi connectivity index (χ2n) is 5.04. The van der Waals surface area contributed by atoms with Crippen LogP contribution in [0.1, 0.15) is 17.4 Å². The third-order valence-electron chi connectivity index (χ3n) is 3.12. The number of para-hydroxylation sites is 2. The van der Waals surface area contributed by atoms with Gasteiger partial charge in [0.2, 0.25) is 0 Å². The minimum absolute atomic E-state index is 0.173. The number of nitrogens with one attached hydrogen (secondary N) is 1. The molecule has 7 heteroatoms. The molecule has 0 unspecified atom stereocenters. The van der Waals surface area contributed by atoms with Crippen LogP contribution in [0.15, 0.2) is 36.5 Å². The number of anilines is 1. The summed E-state index contributed by atoms with van der Waals surface area (Å²) in [5.41, 5.74) is 6.15. The van der Waals surface area contributed by atoms with E-state index in [1.54, 1.807) is 18.3 Å². The van der Waals surface area contributed by atoms with Crippen LogP contribution in [-0.4, -0.2) is 44.7 Å². The van der Waals surface area contributed by atoms with Gasteiger partial charge in [0, 0.05) is 6.20 Å². The van der Waals surface area contributed by atoms with Crippen LogP contribution >= 0.6 is 0 Å². The van der Waals surface area contributed by atoms with Gasteiger partial charge in [-0.2, -0.15) is 5.10 Å². The van der Waals surface area contributed by atoms with Crippen molar-refractivity contribution in [1.82, 2.24) is 15.1 Å². The lowest BCUT2D eigenvalue weighted by Gasteiger charge is -2.25. The molecule has 21 heavy (non-hydrogen) atoms. The predicted octanol–water partition coefficient (Wildman–Crippen LogP) is -0.0724. The Kier molecular flexibility index (Phi) is 4.25. The maximum atomic E-state index is 12.1. The van der Waals surface area contributed by atoms with Gasteiger partial charge in [0.1, 0.15) is 0 Å². The van der Waals surface area contributed by atoms with Crippen LogP contribution in [0.4, 0.5) is 5.69 Å². The maximum Gasteiger partial charge on any atom is 0.272 e. The number of rotatable bonds is 5. The topological polar surface area (TPSA) is 113 Å². The zero-order valence-electron chi connectivity index (χ0n) is 11.7. The van der Waals surface area contributed by atoms with Crippen molar-refractivity contribution in [2.24, 2.45) is 0 Å². The largest absolute Gasteiger partial charge is 0.397 e. The van der Waals surface area contributed by atoms with Gasteiger partial charge in [-0.3, -0.25) is 4.79 Å². The van der Waals surface area contributed by atoms with E-state index in [4.69, 9.17) is 5.73 Å². The van der Waals surface area contributed by atoms with E-state index in [9.17, 15) is 15.0 Å². The zero-order valence-corrected chi connectivity index (χ0v) is 11.7. The average Bonchev–Trinajstić information content (AvgIpc) is 2.97. The highest BCUT2D eigenvalue weighted by molar-refractivity contribution is 5.92. The van der Waals surface area contributed by atoms with Gasteiger partial charge in [-0.25, -0.2) is 4.68 Å². The highest BCUT2D eigenvalue weighted by atomic mass is 16.3. The first-order valence-electron chi connectivity index (χ1n) is 6.44. The number of amides is 1. The molecule has 0 spiro atoms. The highest BCUT2D eigenvalue weighted by Crippen LogP contribution is 2.15. The highest BCUT2D eigenvalue weighted by Gasteiger charge is 2.26. The van der Waals surface area contributed by atoms with Crippen LogP contribution in [0.2, 0.25) is 0 Å². The summed E-state index contributed by atoms with van der Waals surface area (Å²) >= 11 is 0. The van der Waals surface area contributed by atoms with E-state index in [2.05, 4.69) is 10.4 Å². The van der Waals surface area contributed by atoms with Crippen molar-refractivity contribution >= 4 is 11.6 Å². The molecule has 2 rings (SSSR count). The number of nitrogens with two attached hydrogens (primary N) is 1. The van der Waals surface area contributed by atoms with Crippen LogP contribution in [0.25, 0.3) is 5.69 Å². The van der Waals surface area contributed by atoms with Crippen LogP contribution in [0, 0.1) is 0 Å². The molecule has 0 bridgehead atoms. The fourth-order valence-electron chi connectivity index (χ4n) is 1.74. The standard InChI is InChI=1S/C14H18N4O3/c1-14(8-19,9-20)16-13(21)11-6-7-18(17-11)12-5-3-2-4-10(12)15/h2-7,19-20H,8-9,15H2,1H3,(H,16,21).